The topological polar surface area (TPSA) is 15.3 Å². The van der Waals surface area contributed by atoms with Crippen LogP contribution >= 0.6 is 12.1 Å². The first-order valence-corrected chi connectivity index (χ1v) is 4.11. The van der Waals surface area contributed by atoms with E-state index < -0.39 is 0 Å². The van der Waals surface area contributed by atoms with Crippen molar-refractivity contribution in [2.24, 2.45) is 5.92 Å². The van der Waals surface area contributed by atoms with Crippen molar-refractivity contribution in [1.29, 1.82) is 0 Å². The van der Waals surface area contributed by atoms with Gasteiger partial charge in [-0.2, -0.15) is 0 Å². The number of likely N-dealkylation sites (N-methyl/N-ethyl adjacent to an activating group) is 1. The van der Waals surface area contributed by atoms with E-state index >= 15 is 0 Å². The minimum absolute atomic E-state index is 0.681. The first-order valence-electron chi connectivity index (χ1n) is 3.34. The molecule has 1 aliphatic rings. The van der Waals surface area contributed by atoms with Crippen LogP contribution in [0.5, 0.6) is 0 Å². The second kappa shape index (κ2) is 2.90. The van der Waals surface area contributed by atoms with Gasteiger partial charge in [0.25, 0.3) is 0 Å². The molecule has 0 aromatic rings. The van der Waals surface area contributed by atoms with Gasteiger partial charge in [0.15, 0.2) is 0 Å². The summed E-state index contributed by atoms with van der Waals surface area (Å²) in [5.41, 5.74) is 0. The molecule has 0 aromatic carbocycles. The molecule has 3 heteroatoms. The molecule has 1 heterocycles. The third-order valence-corrected chi connectivity index (χ3v) is 2.49. The minimum atomic E-state index is 0.681. The maximum absolute atomic E-state index is 3.35. The highest BCUT2D eigenvalue weighted by atomic mass is 32.2. The van der Waals surface area contributed by atoms with Crippen molar-refractivity contribution >= 4 is 12.1 Å². The number of rotatable bonds is 1. The van der Waals surface area contributed by atoms with E-state index in [1.54, 1.807) is 12.1 Å². The highest BCUT2D eigenvalue weighted by Gasteiger charge is 2.21. The average Bonchev–Trinajstić information content (AvgIpc) is 2.14. The van der Waals surface area contributed by atoms with E-state index in [1.165, 1.54) is 6.54 Å². The van der Waals surface area contributed by atoms with Crippen LogP contribution in [0.2, 0.25) is 0 Å². The van der Waals surface area contributed by atoms with Crippen molar-refractivity contribution < 1.29 is 0 Å². The molecule has 0 spiro atoms. The molecule has 0 amide bonds. The molecule has 1 aliphatic heterocycles. The summed E-state index contributed by atoms with van der Waals surface area (Å²) in [5, 5.41) is 0. The molecule has 0 radical (unpaired) electrons. The molecule has 0 aromatic heterocycles. The zero-order chi connectivity index (χ0) is 6.85. The molecule has 1 fully saturated rings. The lowest BCUT2D eigenvalue weighted by Crippen LogP contribution is -2.27. The summed E-state index contributed by atoms with van der Waals surface area (Å²) in [4.78, 5) is 0. The van der Waals surface area contributed by atoms with Gasteiger partial charge >= 0.3 is 0 Å². The van der Waals surface area contributed by atoms with Gasteiger partial charge in [0.05, 0.1) is 0 Å². The van der Waals surface area contributed by atoms with Crippen LogP contribution in [0.25, 0.3) is 0 Å². The van der Waals surface area contributed by atoms with Gasteiger partial charge in [0.1, 0.15) is 0 Å². The molecule has 0 bridgehead atoms. The zero-order valence-corrected chi connectivity index (χ0v) is 7.03. The predicted molar refractivity (Wildman–Crippen MR) is 42.0 cm³/mol. The molecule has 0 saturated carbocycles. The molecule has 2 nitrogen and oxygen atoms in total. The summed E-state index contributed by atoms with van der Waals surface area (Å²) in [6.45, 7) is 5.66. The first kappa shape index (κ1) is 7.38. The summed E-state index contributed by atoms with van der Waals surface area (Å²) in [5.74, 6) is 0.752. The summed E-state index contributed by atoms with van der Waals surface area (Å²) in [6.07, 6.45) is 0. The van der Waals surface area contributed by atoms with Gasteiger partial charge in [-0.3, -0.25) is 0 Å². The molecule has 1 saturated heterocycles. The third kappa shape index (κ3) is 1.85. The fraction of sp³-hybridized carbons (Fsp3) is 1.00. The lowest BCUT2D eigenvalue weighted by atomic mass is 10.1. The summed E-state index contributed by atoms with van der Waals surface area (Å²) in [6, 6.07) is 0.681. The Bertz CT molecular complexity index is 95.1. The molecular weight excluding hydrogens is 132 g/mol. The van der Waals surface area contributed by atoms with E-state index in [-0.39, 0.29) is 0 Å². The third-order valence-electron chi connectivity index (χ3n) is 1.62. The molecule has 0 aliphatic carbocycles. The standard InChI is InChI=1S/C6H14N2S/c1-5(2)6-4-8(3)9-7-6/h5-7H,4H2,1-3H3. The Kier molecular flexibility index (Phi) is 2.38. The van der Waals surface area contributed by atoms with Crippen molar-refractivity contribution in [3.8, 4) is 0 Å². The van der Waals surface area contributed by atoms with Crippen molar-refractivity contribution in [3.05, 3.63) is 0 Å². The Labute approximate surface area is 61.3 Å². The Morgan fingerprint density at radius 2 is 2.33 bits per heavy atom. The van der Waals surface area contributed by atoms with Crippen molar-refractivity contribution in [2.45, 2.75) is 19.9 Å². The largest absolute Gasteiger partial charge is 0.246 e. The van der Waals surface area contributed by atoms with Crippen LogP contribution in [0.3, 0.4) is 0 Å². The fourth-order valence-corrected chi connectivity index (χ4v) is 1.75. The monoisotopic (exact) mass is 146 g/mol. The second-order valence-corrected chi connectivity index (χ2v) is 3.91. The van der Waals surface area contributed by atoms with Crippen LogP contribution in [-0.4, -0.2) is 23.9 Å². The van der Waals surface area contributed by atoms with Crippen molar-refractivity contribution in [1.82, 2.24) is 9.03 Å². The minimum Gasteiger partial charge on any atom is -0.246 e. The first-order chi connectivity index (χ1) is 4.20. The van der Waals surface area contributed by atoms with Crippen molar-refractivity contribution in [3.63, 3.8) is 0 Å². The van der Waals surface area contributed by atoms with E-state index in [4.69, 9.17) is 0 Å². The molecule has 1 rings (SSSR count). The van der Waals surface area contributed by atoms with E-state index in [0.717, 1.165) is 5.92 Å². The smallest absolute Gasteiger partial charge is 0.0343 e. The van der Waals surface area contributed by atoms with Crippen LogP contribution in [0.4, 0.5) is 0 Å². The van der Waals surface area contributed by atoms with Gasteiger partial charge in [0.2, 0.25) is 0 Å². The molecule has 1 N–H and O–H groups in total. The molecule has 1 unspecified atom stereocenters. The van der Waals surface area contributed by atoms with Crippen LogP contribution in [-0.2, 0) is 0 Å². The molecule has 9 heavy (non-hydrogen) atoms. The van der Waals surface area contributed by atoms with E-state index in [9.17, 15) is 0 Å². The summed E-state index contributed by atoms with van der Waals surface area (Å²) in [7, 11) is 2.11. The normalized spacial score (nSPS) is 30.0. The molecule has 54 valence electrons. The zero-order valence-electron chi connectivity index (χ0n) is 6.22. The Hall–Kier alpha value is 0.270. The maximum atomic E-state index is 3.35. The maximum Gasteiger partial charge on any atom is 0.0343 e. The lowest BCUT2D eigenvalue weighted by molar-refractivity contribution is 0.428. The van der Waals surface area contributed by atoms with Gasteiger partial charge in [0, 0.05) is 24.7 Å². The number of nitrogens with zero attached hydrogens (tertiary/aromatic N) is 1. The van der Waals surface area contributed by atoms with Gasteiger partial charge in [-0.1, -0.05) is 13.8 Å². The highest BCUT2D eigenvalue weighted by Crippen LogP contribution is 2.17. The predicted octanol–water partition coefficient (Wildman–Crippen LogP) is 1.11. The SMILES string of the molecule is CC(C)C1CN(C)SN1. The fourth-order valence-electron chi connectivity index (χ4n) is 0.856. The average molecular weight is 146 g/mol. The molecule has 1 atom stereocenters. The Balaban J connectivity index is 2.30. The summed E-state index contributed by atoms with van der Waals surface area (Å²) < 4.78 is 5.58. The Morgan fingerprint density at radius 3 is 2.56 bits per heavy atom. The van der Waals surface area contributed by atoms with Crippen LogP contribution in [0.1, 0.15) is 13.8 Å². The van der Waals surface area contributed by atoms with Gasteiger partial charge in [-0.05, 0) is 13.0 Å². The van der Waals surface area contributed by atoms with Crippen molar-refractivity contribution in [2.75, 3.05) is 13.6 Å². The van der Waals surface area contributed by atoms with Crippen LogP contribution < -0.4 is 4.72 Å². The van der Waals surface area contributed by atoms with E-state index in [0.29, 0.717) is 6.04 Å². The van der Waals surface area contributed by atoms with Crippen LogP contribution in [0, 0.1) is 5.92 Å². The number of nitrogens with one attached hydrogen (secondary N) is 1. The van der Waals surface area contributed by atoms with Crippen LogP contribution in [0.15, 0.2) is 0 Å². The molecular formula is C6H14N2S. The highest BCUT2D eigenvalue weighted by molar-refractivity contribution is 7.95. The van der Waals surface area contributed by atoms with Gasteiger partial charge < -0.3 is 0 Å². The Morgan fingerprint density at radius 1 is 1.67 bits per heavy atom. The quantitative estimate of drug-likeness (QED) is 0.558. The van der Waals surface area contributed by atoms with Gasteiger partial charge in [-0.25, -0.2) is 9.03 Å². The van der Waals surface area contributed by atoms with E-state index in [1.807, 2.05) is 0 Å². The second-order valence-electron chi connectivity index (χ2n) is 2.87. The number of hydrogen-bond acceptors (Lipinski definition) is 3. The lowest BCUT2D eigenvalue weighted by Gasteiger charge is -2.11. The van der Waals surface area contributed by atoms with E-state index in [2.05, 4.69) is 29.9 Å². The summed E-state index contributed by atoms with van der Waals surface area (Å²) >= 11 is 1.72. The number of hydrogen-bond donors (Lipinski definition) is 1. The van der Waals surface area contributed by atoms with Gasteiger partial charge in [-0.15, -0.1) is 0 Å².